The summed E-state index contributed by atoms with van der Waals surface area (Å²) in [5.41, 5.74) is 5.80. The molecule has 0 saturated heterocycles. The maximum absolute atomic E-state index is 12.1. The molecule has 4 heteroatoms. The SMILES string of the molecule is CCSC1CCCC1NC(=O)[C@H](N)C(C)(C)C. The van der Waals surface area contributed by atoms with E-state index in [-0.39, 0.29) is 11.3 Å². The third kappa shape index (κ3) is 4.18. The fraction of sp³-hybridized carbons (Fsp3) is 0.923. The van der Waals surface area contributed by atoms with E-state index in [0.29, 0.717) is 11.3 Å². The van der Waals surface area contributed by atoms with Crippen molar-refractivity contribution in [1.82, 2.24) is 5.32 Å². The Labute approximate surface area is 109 Å². The van der Waals surface area contributed by atoms with Crippen molar-refractivity contribution in [2.24, 2.45) is 11.1 Å². The van der Waals surface area contributed by atoms with Gasteiger partial charge in [-0.1, -0.05) is 34.1 Å². The van der Waals surface area contributed by atoms with E-state index in [0.717, 1.165) is 12.2 Å². The molecule has 0 bridgehead atoms. The fourth-order valence-corrected chi connectivity index (χ4v) is 3.37. The Bertz CT molecular complexity index is 263. The molecule has 0 aromatic carbocycles. The molecule has 0 aromatic rings. The quantitative estimate of drug-likeness (QED) is 0.812. The largest absolute Gasteiger partial charge is 0.351 e. The van der Waals surface area contributed by atoms with Crippen LogP contribution in [-0.2, 0) is 4.79 Å². The van der Waals surface area contributed by atoms with Gasteiger partial charge in [-0.2, -0.15) is 11.8 Å². The highest BCUT2D eigenvalue weighted by molar-refractivity contribution is 7.99. The zero-order valence-electron chi connectivity index (χ0n) is 11.5. The van der Waals surface area contributed by atoms with Gasteiger partial charge in [0, 0.05) is 11.3 Å². The number of thioether (sulfide) groups is 1. The summed E-state index contributed by atoms with van der Waals surface area (Å²) in [4.78, 5) is 12.1. The number of carbonyl (C=O) groups is 1. The highest BCUT2D eigenvalue weighted by Gasteiger charge is 2.33. The van der Waals surface area contributed by atoms with Crippen LogP contribution in [0.2, 0.25) is 0 Å². The molecule has 3 nitrogen and oxygen atoms in total. The number of hydrogen-bond donors (Lipinski definition) is 2. The minimum Gasteiger partial charge on any atom is -0.351 e. The molecule has 1 aliphatic carbocycles. The summed E-state index contributed by atoms with van der Waals surface area (Å²) >= 11 is 1.95. The molecule has 2 unspecified atom stereocenters. The lowest BCUT2D eigenvalue weighted by Gasteiger charge is -2.28. The van der Waals surface area contributed by atoms with Crippen molar-refractivity contribution in [3.63, 3.8) is 0 Å². The number of amides is 1. The van der Waals surface area contributed by atoms with Crippen molar-refractivity contribution in [3.05, 3.63) is 0 Å². The van der Waals surface area contributed by atoms with Crippen molar-refractivity contribution in [2.45, 2.75) is 64.3 Å². The normalized spacial score (nSPS) is 26.9. The van der Waals surface area contributed by atoms with E-state index in [1.807, 2.05) is 32.5 Å². The first kappa shape index (κ1) is 14.8. The van der Waals surface area contributed by atoms with Crippen LogP contribution < -0.4 is 11.1 Å². The average molecular weight is 258 g/mol. The van der Waals surface area contributed by atoms with Crippen LogP contribution in [0.5, 0.6) is 0 Å². The molecule has 1 rings (SSSR count). The molecule has 3 atom stereocenters. The van der Waals surface area contributed by atoms with Crippen LogP contribution in [0, 0.1) is 5.41 Å². The van der Waals surface area contributed by atoms with Crippen molar-refractivity contribution in [2.75, 3.05) is 5.75 Å². The Balaban J connectivity index is 2.50. The van der Waals surface area contributed by atoms with Crippen LogP contribution >= 0.6 is 11.8 Å². The Kier molecular flexibility index (Phi) is 5.32. The first-order valence-electron chi connectivity index (χ1n) is 6.53. The molecule has 3 N–H and O–H groups in total. The summed E-state index contributed by atoms with van der Waals surface area (Å²) in [7, 11) is 0. The van der Waals surface area contributed by atoms with Gasteiger partial charge in [0.05, 0.1) is 6.04 Å². The molecule has 1 amide bonds. The van der Waals surface area contributed by atoms with Gasteiger partial charge in [-0.05, 0) is 24.0 Å². The van der Waals surface area contributed by atoms with Gasteiger partial charge in [0.15, 0.2) is 0 Å². The number of nitrogens with one attached hydrogen (secondary N) is 1. The molecule has 1 aliphatic rings. The van der Waals surface area contributed by atoms with Gasteiger partial charge in [-0.3, -0.25) is 4.79 Å². The topological polar surface area (TPSA) is 55.1 Å². The second kappa shape index (κ2) is 6.10. The predicted octanol–water partition coefficient (Wildman–Crippen LogP) is 2.15. The maximum atomic E-state index is 12.1. The van der Waals surface area contributed by atoms with Crippen molar-refractivity contribution >= 4 is 17.7 Å². The van der Waals surface area contributed by atoms with Crippen LogP contribution in [0.1, 0.15) is 47.0 Å². The van der Waals surface area contributed by atoms with Gasteiger partial charge in [0.1, 0.15) is 0 Å². The van der Waals surface area contributed by atoms with Gasteiger partial charge in [-0.15, -0.1) is 0 Å². The second-order valence-corrected chi connectivity index (χ2v) is 7.40. The Hall–Kier alpha value is -0.220. The van der Waals surface area contributed by atoms with Crippen molar-refractivity contribution in [1.29, 1.82) is 0 Å². The molecule has 0 spiro atoms. The van der Waals surface area contributed by atoms with Gasteiger partial charge >= 0.3 is 0 Å². The number of nitrogens with two attached hydrogens (primary N) is 1. The van der Waals surface area contributed by atoms with Gasteiger partial charge < -0.3 is 11.1 Å². The monoisotopic (exact) mass is 258 g/mol. The van der Waals surface area contributed by atoms with Crippen LogP contribution in [0.4, 0.5) is 0 Å². The van der Waals surface area contributed by atoms with E-state index in [2.05, 4.69) is 12.2 Å². The minimum atomic E-state index is -0.421. The number of hydrogen-bond acceptors (Lipinski definition) is 3. The molecular weight excluding hydrogens is 232 g/mol. The third-order valence-corrected chi connectivity index (χ3v) is 4.70. The Morgan fingerprint density at radius 3 is 2.65 bits per heavy atom. The summed E-state index contributed by atoms with van der Waals surface area (Å²) in [6.07, 6.45) is 3.53. The summed E-state index contributed by atoms with van der Waals surface area (Å²) in [5, 5.41) is 3.72. The number of carbonyl (C=O) groups excluding carboxylic acids is 1. The first-order chi connectivity index (χ1) is 7.86. The summed E-state index contributed by atoms with van der Waals surface area (Å²) in [6, 6.07) is -0.101. The molecule has 100 valence electrons. The zero-order valence-corrected chi connectivity index (χ0v) is 12.3. The van der Waals surface area contributed by atoms with E-state index in [9.17, 15) is 4.79 Å². The van der Waals surface area contributed by atoms with Gasteiger partial charge in [0.25, 0.3) is 0 Å². The highest BCUT2D eigenvalue weighted by atomic mass is 32.2. The zero-order chi connectivity index (χ0) is 13.1. The van der Waals surface area contributed by atoms with Crippen LogP contribution in [-0.4, -0.2) is 29.0 Å². The summed E-state index contributed by atoms with van der Waals surface area (Å²) in [5.74, 6) is 1.12. The molecule has 0 heterocycles. The molecule has 0 aliphatic heterocycles. The molecule has 1 saturated carbocycles. The lowest BCUT2D eigenvalue weighted by Crippen LogP contribution is -2.52. The van der Waals surface area contributed by atoms with Gasteiger partial charge in [-0.25, -0.2) is 0 Å². The first-order valence-corrected chi connectivity index (χ1v) is 7.58. The number of rotatable bonds is 4. The molecule has 17 heavy (non-hydrogen) atoms. The van der Waals surface area contributed by atoms with E-state index < -0.39 is 6.04 Å². The summed E-state index contributed by atoms with van der Waals surface area (Å²) < 4.78 is 0. The van der Waals surface area contributed by atoms with Gasteiger partial charge in [0.2, 0.25) is 5.91 Å². The van der Waals surface area contributed by atoms with E-state index in [1.165, 1.54) is 12.8 Å². The van der Waals surface area contributed by atoms with E-state index >= 15 is 0 Å². The molecular formula is C13H26N2OS. The Morgan fingerprint density at radius 1 is 1.47 bits per heavy atom. The lowest BCUT2D eigenvalue weighted by molar-refractivity contribution is -0.125. The Morgan fingerprint density at radius 2 is 2.12 bits per heavy atom. The second-order valence-electron chi connectivity index (χ2n) is 5.88. The molecule has 1 fully saturated rings. The fourth-order valence-electron chi connectivity index (χ4n) is 2.17. The van der Waals surface area contributed by atoms with Crippen LogP contribution in [0.25, 0.3) is 0 Å². The van der Waals surface area contributed by atoms with Crippen molar-refractivity contribution in [3.8, 4) is 0 Å². The smallest absolute Gasteiger partial charge is 0.237 e. The van der Waals surface area contributed by atoms with E-state index in [4.69, 9.17) is 5.73 Å². The van der Waals surface area contributed by atoms with E-state index in [1.54, 1.807) is 0 Å². The third-order valence-electron chi connectivity index (χ3n) is 3.38. The predicted molar refractivity (Wildman–Crippen MR) is 75.1 cm³/mol. The maximum Gasteiger partial charge on any atom is 0.237 e. The standard InChI is InChI=1S/C13H26N2OS/c1-5-17-10-8-6-7-9(10)15-12(16)11(14)13(2,3)4/h9-11H,5-8,14H2,1-4H3,(H,15,16)/t9?,10?,11-/m0/s1. The molecule has 0 aromatic heterocycles. The highest BCUT2D eigenvalue weighted by Crippen LogP contribution is 2.30. The minimum absolute atomic E-state index is 0.00565. The summed E-state index contributed by atoms with van der Waals surface area (Å²) in [6.45, 7) is 8.18. The van der Waals surface area contributed by atoms with Crippen LogP contribution in [0.15, 0.2) is 0 Å². The van der Waals surface area contributed by atoms with Crippen LogP contribution in [0.3, 0.4) is 0 Å². The van der Waals surface area contributed by atoms with Crippen molar-refractivity contribution < 1.29 is 4.79 Å². The molecule has 0 radical (unpaired) electrons. The lowest BCUT2D eigenvalue weighted by atomic mass is 9.87. The average Bonchev–Trinajstić information content (AvgIpc) is 2.64.